The van der Waals surface area contributed by atoms with Crippen LogP contribution < -0.4 is 10.2 Å². The molecule has 0 aliphatic carbocycles. The van der Waals surface area contributed by atoms with E-state index in [4.69, 9.17) is 16.0 Å². The van der Waals surface area contributed by atoms with Crippen LogP contribution in [0.2, 0.25) is 5.02 Å². The molecule has 0 unspecified atom stereocenters. The number of aryl methyl sites for hydroxylation is 1. The zero-order valence-corrected chi connectivity index (χ0v) is 13.8. The first-order valence-corrected chi connectivity index (χ1v) is 7.25. The average molecular weight is 330 g/mol. The van der Waals surface area contributed by atoms with Crippen molar-refractivity contribution in [2.45, 2.75) is 6.92 Å². The Kier molecular flexibility index (Phi) is 5.09. The first kappa shape index (κ1) is 16.7. The van der Waals surface area contributed by atoms with E-state index in [0.717, 1.165) is 5.56 Å². The van der Waals surface area contributed by atoms with Gasteiger partial charge in [-0.15, -0.1) is 0 Å². The minimum Gasteiger partial charge on any atom is -0.441 e. The number of hydrogen-bond acceptors (Lipinski definition) is 4. The molecule has 23 heavy (non-hydrogen) atoms. The lowest BCUT2D eigenvalue weighted by Gasteiger charge is -2.06. The second-order valence-corrected chi connectivity index (χ2v) is 5.57. The number of nitrogens with zero attached hydrogens (tertiary/aromatic N) is 2. The highest BCUT2D eigenvalue weighted by molar-refractivity contribution is 6.31. The molecule has 1 heterocycles. The van der Waals surface area contributed by atoms with E-state index in [2.05, 4.69) is 5.32 Å². The fourth-order valence-corrected chi connectivity index (χ4v) is 2.00. The van der Waals surface area contributed by atoms with E-state index in [1.54, 1.807) is 35.2 Å². The van der Waals surface area contributed by atoms with Crippen molar-refractivity contribution < 1.29 is 9.21 Å². The van der Waals surface area contributed by atoms with Crippen molar-refractivity contribution in [3.63, 3.8) is 0 Å². The van der Waals surface area contributed by atoms with Crippen molar-refractivity contribution in [2.24, 2.45) is 0 Å². The minimum absolute atomic E-state index is 0.0543. The third kappa shape index (κ3) is 4.15. The predicted molar refractivity (Wildman–Crippen MR) is 91.4 cm³/mol. The van der Waals surface area contributed by atoms with Crippen molar-refractivity contribution >= 4 is 35.2 Å². The number of amides is 1. The van der Waals surface area contributed by atoms with Crippen molar-refractivity contribution in [3.05, 3.63) is 52.3 Å². The second-order valence-electron chi connectivity index (χ2n) is 5.16. The average Bonchev–Trinajstić information content (AvgIpc) is 2.97. The third-order valence-corrected chi connectivity index (χ3v) is 3.54. The lowest BCUT2D eigenvalue weighted by Crippen LogP contribution is -2.13. The number of rotatable bonds is 4. The standard InChI is InChI=1S/C17H16ClN3O2/c1-11-4-5-13(9-15(11)18)20-17(22)12(10-19)8-14-6-7-16(23-14)21(2)3/h4-9H,1-3H3,(H,20,22)/b12-8-. The van der Waals surface area contributed by atoms with Crippen molar-refractivity contribution in [2.75, 3.05) is 24.3 Å². The summed E-state index contributed by atoms with van der Waals surface area (Å²) < 4.78 is 5.51. The molecule has 2 aromatic rings. The van der Waals surface area contributed by atoms with Crippen LogP contribution in [-0.4, -0.2) is 20.0 Å². The van der Waals surface area contributed by atoms with Crippen LogP contribution in [0.4, 0.5) is 11.6 Å². The summed E-state index contributed by atoms with van der Waals surface area (Å²) in [4.78, 5) is 14.0. The Morgan fingerprint density at radius 2 is 2.09 bits per heavy atom. The van der Waals surface area contributed by atoms with E-state index in [1.165, 1.54) is 6.08 Å². The lowest BCUT2D eigenvalue weighted by atomic mass is 10.2. The SMILES string of the molecule is Cc1ccc(NC(=O)/C(C#N)=C\c2ccc(N(C)C)o2)cc1Cl. The van der Waals surface area contributed by atoms with Crippen molar-refractivity contribution in [3.8, 4) is 6.07 Å². The van der Waals surface area contributed by atoms with Gasteiger partial charge in [0.15, 0.2) is 5.88 Å². The van der Waals surface area contributed by atoms with Gasteiger partial charge in [-0.25, -0.2) is 0 Å². The molecule has 0 aliphatic rings. The summed E-state index contributed by atoms with van der Waals surface area (Å²) in [5.41, 5.74) is 1.38. The molecule has 0 atom stereocenters. The topological polar surface area (TPSA) is 69.3 Å². The summed E-state index contributed by atoms with van der Waals surface area (Å²) in [5.74, 6) is 0.553. The zero-order chi connectivity index (χ0) is 17.0. The Labute approximate surface area is 139 Å². The number of hydrogen-bond donors (Lipinski definition) is 1. The molecule has 0 aliphatic heterocycles. The van der Waals surface area contributed by atoms with Crippen LogP contribution >= 0.6 is 11.6 Å². The second kappa shape index (κ2) is 7.03. The van der Waals surface area contributed by atoms with E-state index in [-0.39, 0.29) is 5.57 Å². The molecule has 6 heteroatoms. The summed E-state index contributed by atoms with van der Waals surface area (Å²) in [6.45, 7) is 1.87. The van der Waals surface area contributed by atoms with Gasteiger partial charge < -0.3 is 14.6 Å². The van der Waals surface area contributed by atoms with Gasteiger partial charge in [-0.2, -0.15) is 5.26 Å². The van der Waals surface area contributed by atoms with Gasteiger partial charge in [0.1, 0.15) is 17.4 Å². The number of benzene rings is 1. The van der Waals surface area contributed by atoms with Crippen molar-refractivity contribution in [1.82, 2.24) is 0 Å². The van der Waals surface area contributed by atoms with Gasteiger partial charge in [0, 0.05) is 36.9 Å². The predicted octanol–water partition coefficient (Wildman–Crippen LogP) is 3.85. The Morgan fingerprint density at radius 3 is 2.65 bits per heavy atom. The van der Waals surface area contributed by atoms with Gasteiger partial charge in [0.25, 0.3) is 5.91 Å². The molecular weight excluding hydrogens is 314 g/mol. The number of carbonyl (C=O) groups is 1. The largest absolute Gasteiger partial charge is 0.441 e. The molecule has 0 saturated heterocycles. The van der Waals surface area contributed by atoms with Gasteiger partial charge >= 0.3 is 0 Å². The molecule has 0 radical (unpaired) electrons. The molecule has 0 spiro atoms. The first-order valence-electron chi connectivity index (χ1n) is 6.87. The van der Waals surface area contributed by atoms with Gasteiger partial charge in [-0.1, -0.05) is 17.7 Å². The molecule has 5 nitrogen and oxygen atoms in total. The number of halogens is 1. The maximum atomic E-state index is 12.2. The number of nitrogens with one attached hydrogen (secondary N) is 1. The molecule has 0 saturated carbocycles. The molecule has 1 aromatic carbocycles. The first-order chi connectivity index (χ1) is 10.9. The molecular formula is C17H16ClN3O2. The Hall–Kier alpha value is -2.71. The van der Waals surface area contributed by atoms with E-state index in [9.17, 15) is 10.1 Å². The van der Waals surface area contributed by atoms with Crippen LogP contribution in [0, 0.1) is 18.3 Å². The summed E-state index contributed by atoms with van der Waals surface area (Å²) in [6, 6.07) is 10.5. The summed E-state index contributed by atoms with van der Waals surface area (Å²) in [6.07, 6.45) is 1.40. The number of anilines is 2. The Bertz CT molecular complexity index is 800. The summed E-state index contributed by atoms with van der Waals surface area (Å²) >= 11 is 6.02. The number of furan rings is 1. The van der Waals surface area contributed by atoms with Gasteiger partial charge in [-0.3, -0.25) is 4.79 Å². The highest BCUT2D eigenvalue weighted by Crippen LogP contribution is 2.21. The highest BCUT2D eigenvalue weighted by atomic mass is 35.5. The Balaban J connectivity index is 2.19. The van der Waals surface area contributed by atoms with Gasteiger partial charge in [-0.05, 0) is 30.7 Å². The summed E-state index contributed by atoms with van der Waals surface area (Å²) in [5, 5.41) is 12.4. The van der Waals surface area contributed by atoms with Gasteiger partial charge in [0.2, 0.25) is 0 Å². The van der Waals surface area contributed by atoms with E-state index >= 15 is 0 Å². The molecule has 1 amide bonds. The van der Waals surface area contributed by atoms with Crippen LogP contribution in [0.5, 0.6) is 0 Å². The highest BCUT2D eigenvalue weighted by Gasteiger charge is 2.12. The van der Waals surface area contributed by atoms with Crippen LogP contribution in [0.1, 0.15) is 11.3 Å². The maximum absolute atomic E-state index is 12.2. The zero-order valence-electron chi connectivity index (χ0n) is 13.1. The molecule has 2 rings (SSSR count). The summed E-state index contributed by atoms with van der Waals surface area (Å²) in [7, 11) is 3.68. The molecule has 118 valence electrons. The van der Waals surface area contributed by atoms with Crippen LogP contribution in [-0.2, 0) is 4.79 Å². The molecule has 0 fully saturated rings. The lowest BCUT2D eigenvalue weighted by molar-refractivity contribution is -0.112. The normalized spacial score (nSPS) is 11.0. The smallest absolute Gasteiger partial charge is 0.266 e. The maximum Gasteiger partial charge on any atom is 0.266 e. The third-order valence-electron chi connectivity index (χ3n) is 3.13. The van der Waals surface area contributed by atoms with Crippen LogP contribution in [0.25, 0.3) is 6.08 Å². The minimum atomic E-state index is -0.518. The van der Waals surface area contributed by atoms with E-state index in [0.29, 0.717) is 22.4 Å². The number of nitriles is 1. The van der Waals surface area contributed by atoms with E-state index < -0.39 is 5.91 Å². The van der Waals surface area contributed by atoms with E-state index in [1.807, 2.05) is 27.1 Å². The van der Waals surface area contributed by atoms with Crippen molar-refractivity contribution in [1.29, 1.82) is 5.26 Å². The van der Waals surface area contributed by atoms with Gasteiger partial charge in [0.05, 0.1) is 0 Å². The molecule has 1 aromatic heterocycles. The Morgan fingerprint density at radius 1 is 1.35 bits per heavy atom. The van der Waals surface area contributed by atoms with Crippen LogP contribution in [0.15, 0.2) is 40.3 Å². The molecule has 0 bridgehead atoms. The van der Waals surface area contributed by atoms with Crippen LogP contribution in [0.3, 0.4) is 0 Å². The number of carbonyl (C=O) groups excluding carboxylic acids is 1. The fraction of sp³-hybridized carbons (Fsp3) is 0.176. The quantitative estimate of drug-likeness (QED) is 0.683. The fourth-order valence-electron chi connectivity index (χ4n) is 1.82. The monoisotopic (exact) mass is 329 g/mol. The molecule has 1 N–H and O–H groups in total.